The standard InChI is InChI=1S/C6H6N2O2S2/c7-2-4-12(9,10)8-6-1-3-11-5-6/h1,3,5,8H,4H2. The minimum atomic E-state index is -3.46. The molecule has 0 bridgehead atoms. The predicted octanol–water partition coefficient (Wildman–Crippen LogP) is 1.01. The molecule has 1 rings (SSSR count). The first-order valence-electron chi connectivity index (χ1n) is 3.04. The van der Waals surface area contributed by atoms with E-state index in [0.717, 1.165) is 0 Å². The van der Waals surface area contributed by atoms with Crippen LogP contribution < -0.4 is 4.72 Å². The van der Waals surface area contributed by atoms with Gasteiger partial charge in [-0.3, -0.25) is 4.72 Å². The number of rotatable bonds is 3. The van der Waals surface area contributed by atoms with E-state index in [4.69, 9.17) is 5.26 Å². The summed E-state index contributed by atoms with van der Waals surface area (Å²) in [4.78, 5) is 0. The molecule has 0 aromatic carbocycles. The van der Waals surface area contributed by atoms with Crippen molar-refractivity contribution in [3.63, 3.8) is 0 Å². The maximum absolute atomic E-state index is 11.0. The normalized spacial score (nSPS) is 10.6. The van der Waals surface area contributed by atoms with Crippen LogP contribution in [-0.2, 0) is 10.0 Å². The number of hydrogen-bond acceptors (Lipinski definition) is 4. The molecule has 12 heavy (non-hydrogen) atoms. The summed E-state index contributed by atoms with van der Waals surface area (Å²) in [6.07, 6.45) is 0. The third-order valence-electron chi connectivity index (χ3n) is 1.05. The van der Waals surface area contributed by atoms with Gasteiger partial charge in [0.15, 0.2) is 5.75 Å². The molecule has 0 unspecified atom stereocenters. The second-order valence-corrected chi connectivity index (χ2v) is 4.53. The molecule has 0 saturated carbocycles. The van der Waals surface area contributed by atoms with Crippen molar-refractivity contribution in [3.8, 4) is 6.07 Å². The summed E-state index contributed by atoms with van der Waals surface area (Å²) in [7, 11) is -3.46. The zero-order chi connectivity index (χ0) is 9.03. The molecule has 4 nitrogen and oxygen atoms in total. The molecule has 0 atom stereocenters. The number of nitrogens with one attached hydrogen (secondary N) is 1. The van der Waals surface area contributed by atoms with Gasteiger partial charge in [0.1, 0.15) is 0 Å². The van der Waals surface area contributed by atoms with Gasteiger partial charge in [0.2, 0.25) is 10.0 Å². The number of nitriles is 1. The molecule has 1 aromatic rings. The van der Waals surface area contributed by atoms with Crippen molar-refractivity contribution in [2.24, 2.45) is 0 Å². The Morgan fingerprint density at radius 1 is 1.67 bits per heavy atom. The van der Waals surface area contributed by atoms with Crippen LogP contribution in [-0.4, -0.2) is 14.2 Å². The van der Waals surface area contributed by atoms with Gasteiger partial charge in [0.25, 0.3) is 0 Å². The van der Waals surface area contributed by atoms with E-state index in [1.165, 1.54) is 11.3 Å². The highest BCUT2D eigenvalue weighted by atomic mass is 32.2. The van der Waals surface area contributed by atoms with Crippen LogP contribution in [0.5, 0.6) is 0 Å². The lowest BCUT2D eigenvalue weighted by Gasteiger charge is -1.99. The maximum Gasteiger partial charge on any atom is 0.246 e. The monoisotopic (exact) mass is 202 g/mol. The Morgan fingerprint density at radius 3 is 2.92 bits per heavy atom. The van der Waals surface area contributed by atoms with Gasteiger partial charge in [-0.1, -0.05) is 0 Å². The van der Waals surface area contributed by atoms with Gasteiger partial charge < -0.3 is 0 Å². The second kappa shape index (κ2) is 3.56. The first-order chi connectivity index (χ1) is 5.64. The predicted molar refractivity (Wildman–Crippen MR) is 47.3 cm³/mol. The van der Waals surface area contributed by atoms with Gasteiger partial charge in [-0.2, -0.15) is 16.6 Å². The molecule has 0 fully saturated rings. The summed E-state index contributed by atoms with van der Waals surface area (Å²) in [6.45, 7) is 0. The Kier molecular flexibility index (Phi) is 2.68. The van der Waals surface area contributed by atoms with Crippen LogP contribution in [0.4, 0.5) is 5.69 Å². The van der Waals surface area contributed by atoms with E-state index in [9.17, 15) is 8.42 Å². The van der Waals surface area contributed by atoms with Crippen LogP contribution in [0.25, 0.3) is 0 Å². The fourth-order valence-electron chi connectivity index (χ4n) is 0.623. The van der Waals surface area contributed by atoms with Crippen LogP contribution in [0.2, 0.25) is 0 Å². The Bertz CT molecular complexity index is 374. The van der Waals surface area contributed by atoms with Gasteiger partial charge in [-0.25, -0.2) is 8.42 Å². The number of nitrogens with zero attached hydrogens (tertiary/aromatic N) is 1. The summed E-state index contributed by atoms with van der Waals surface area (Å²) in [5.41, 5.74) is 0.509. The lowest BCUT2D eigenvalue weighted by atomic mass is 10.6. The summed E-state index contributed by atoms with van der Waals surface area (Å²) in [6, 6.07) is 3.21. The maximum atomic E-state index is 11.0. The van der Waals surface area contributed by atoms with E-state index in [1.807, 2.05) is 0 Å². The molecule has 64 valence electrons. The SMILES string of the molecule is N#CCS(=O)(=O)Nc1ccsc1. The van der Waals surface area contributed by atoms with E-state index >= 15 is 0 Å². The van der Waals surface area contributed by atoms with Crippen LogP contribution in [0, 0.1) is 11.3 Å². The Hall–Kier alpha value is -1.06. The van der Waals surface area contributed by atoms with Gasteiger partial charge >= 0.3 is 0 Å². The van der Waals surface area contributed by atoms with E-state index < -0.39 is 15.8 Å². The highest BCUT2D eigenvalue weighted by molar-refractivity contribution is 7.92. The number of hydrogen-bond donors (Lipinski definition) is 1. The van der Waals surface area contributed by atoms with Crippen LogP contribution in [0.3, 0.4) is 0 Å². The molecule has 0 radical (unpaired) electrons. The average molecular weight is 202 g/mol. The van der Waals surface area contributed by atoms with E-state index in [2.05, 4.69) is 4.72 Å². The minimum absolute atomic E-state index is 0.509. The lowest BCUT2D eigenvalue weighted by molar-refractivity contribution is 0.604. The fourth-order valence-corrected chi connectivity index (χ4v) is 2.01. The lowest BCUT2D eigenvalue weighted by Crippen LogP contribution is -2.14. The smallest absolute Gasteiger partial charge is 0.246 e. The van der Waals surface area contributed by atoms with Crippen molar-refractivity contribution in [2.45, 2.75) is 0 Å². The summed E-state index contributed by atoms with van der Waals surface area (Å²) >= 11 is 1.39. The largest absolute Gasteiger partial charge is 0.282 e. The van der Waals surface area contributed by atoms with Crippen molar-refractivity contribution >= 4 is 27.0 Å². The van der Waals surface area contributed by atoms with Crippen molar-refractivity contribution in [1.29, 1.82) is 5.26 Å². The Balaban J connectivity index is 2.71. The highest BCUT2D eigenvalue weighted by Gasteiger charge is 2.08. The van der Waals surface area contributed by atoms with Crippen LogP contribution >= 0.6 is 11.3 Å². The van der Waals surface area contributed by atoms with Gasteiger partial charge in [-0.15, -0.1) is 0 Å². The molecule has 0 aliphatic carbocycles. The first-order valence-corrected chi connectivity index (χ1v) is 5.63. The van der Waals surface area contributed by atoms with E-state index in [0.29, 0.717) is 5.69 Å². The second-order valence-electron chi connectivity index (χ2n) is 2.03. The highest BCUT2D eigenvalue weighted by Crippen LogP contribution is 2.13. The Labute approximate surface area is 74.5 Å². The van der Waals surface area contributed by atoms with Gasteiger partial charge in [-0.05, 0) is 11.4 Å². The molecular weight excluding hydrogens is 196 g/mol. The number of anilines is 1. The summed E-state index contributed by atoms with van der Waals surface area (Å²) < 4.78 is 24.2. The Morgan fingerprint density at radius 2 is 2.42 bits per heavy atom. The number of sulfonamides is 1. The van der Waals surface area contributed by atoms with Crippen LogP contribution in [0.15, 0.2) is 16.8 Å². The van der Waals surface area contributed by atoms with E-state index in [-0.39, 0.29) is 0 Å². The first kappa shape index (κ1) is 9.03. The molecule has 6 heteroatoms. The zero-order valence-corrected chi connectivity index (χ0v) is 7.65. The average Bonchev–Trinajstić information content (AvgIpc) is 2.38. The van der Waals surface area contributed by atoms with E-state index in [1.54, 1.807) is 22.9 Å². The summed E-state index contributed by atoms with van der Waals surface area (Å²) in [5.74, 6) is -0.511. The molecule has 1 aromatic heterocycles. The fraction of sp³-hybridized carbons (Fsp3) is 0.167. The number of thiophene rings is 1. The molecule has 0 amide bonds. The minimum Gasteiger partial charge on any atom is -0.282 e. The molecule has 0 aliphatic rings. The molecule has 0 aliphatic heterocycles. The van der Waals surface area contributed by atoms with Gasteiger partial charge in [0, 0.05) is 5.38 Å². The third kappa shape index (κ3) is 2.53. The topological polar surface area (TPSA) is 70.0 Å². The van der Waals surface area contributed by atoms with Crippen molar-refractivity contribution in [3.05, 3.63) is 16.8 Å². The van der Waals surface area contributed by atoms with Crippen LogP contribution in [0.1, 0.15) is 0 Å². The molecule has 0 spiro atoms. The molecule has 1 N–H and O–H groups in total. The van der Waals surface area contributed by atoms with Crippen molar-refractivity contribution in [1.82, 2.24) is 0 Å². The van der Waals surface area contributed by atoms with Crippen molar-refractivity contribution < 1.29 is 8.42 Å². The molecule has 0 saturated heterocycles. The molecular formula is C6H6N2O2S2. The van der Waals surface area contributed by atoms with Crippen molar-refractivity contribution in [2.75, 3.05) is 10.5 Å². The summed E-state index contributed by atoms with van der Waals surface area (Å²) in [5, 5.41) is 11.6. The van der Waals surface area contributed by atoms with Gasteiger partial charge in [0.05, 0.1) is 11.8 Å². The quantitative estimate of drug-likeness (QED) is 0.795. The molecule has 1 heterocycles. The zero-order valence-electron chi connectivity index (χ0n) is 6.02. The third-order valence-corrected chi connectivity index (χ3v) is 2.79.